The molecule has 1 nitrogen and oxygen atoms in total. The van der Waals surface area contributed by atoms with Gasteiger partial charge in [-0.3, -0.25) is 0 Å². The number of nitrogens with two attached hydrogens (primary N) is 1. The Balaban J connectivity index is 2.69. The third kappa shape index (κ3) is 1.24. The normalized spacial score (nSPS) is 47.6. The lowest BCUT2D eigenvalue weighted by molar-refractivity contribution is 0.307. The lowest BCUT2D eigenvalue weighted by Gasteiger charge is -2.31. The highest BCUT2D eigenvalue weighted by molar-refractivity contribution is 5.03. The van der Waals surface area contributed by atoms with Crippen LogP contribution in [-0.2, 0) is 0 Å². The van der Waals surface area contributed by atoms with E-state index in [1.807, 2.05) is 0 Å². The van der Waals surface area contributed by atoms with Crippen molar-refractivity contribution >= 4 is 0 Å². The summed E-state index contributed by atoms with van der Waals surface area (Å²) in [5.74, 6) is 1.86. The molecule has 0 fully saturated rings. The Hall–Kier alpha value is -0.300. The van der Waals surface area contributed by atoms with Crippen LogP contribution in [0.25, 0.3) is 0 Å². The molecule has 0 bridgehead atoms. The number of allylic oxidation sites excluding steroid dienone is 1. The Morgan fingerprint density at radius 2 is 1.50 bits per heavy atom. The molecule has 1 aliphatic carbocycles. The molecule has 0 heterocycles. The molecule has 4 unspecified atom stereocenters. The predicted octanol–water partition coefficient (Wildman–Crippen LogP) is 1.79. The van der Waals surface area contributed by atoms with E-state index < -0.39 is 0 Å². The highest BCUT2D eigenvalue weighted by Gasteiger charge is 2.24. The van der Waals surface area contributed by atoms with E-state index in [2.05, 4.69) is 32.9 Å². The van der Waals surface area contributed by atoms with E-state index in [0.717, 1.165) is 0 Å². The summed E-state index contributed by atoms with van der Waals surface area (Å²) in [5.41, 5.74) is 5.96. The van der Waals surface area contributed by atoms with Crippen LogP contribution in [0.1, 0.15) is 20.8 Å². The Kier molecular flexibility index (Phi) is 2.14. The maximum absolute atomic E-state index is 5.96. The molecule has 0 saturated heterocycles. The van der Waals surface area contributed by atoms with Crippen LogP contribution in [0.5, 0.6) is 0 Å². The summed E-state index contributed by atoms with van der Waals surface area (Å²) < 4.78 is 0. The van der Waals surface area contributed by atoms with E-state index >= 15 is 0 Å². The fourth-order valence-electron chi connectivity index (χ4n) is 1.48. The highest BCUT2D eigenvalue weighted by Crippen LogP contribution is 2.26. The van der Waals surface area contributed by atoms with Gasteiger partial charge in [0.15, 0.2) is 0 Å². The SMILES string of the molecule is CC1C=CC(C)C(N)C1C. The summed E-state index contributed by atoms with van der Waals surface area (Å²) in [6, 6.07) is 0.361. The van der Waals surface area contributed by atoms with Gasteiger partial charge in [-0.15, -0.1) is 0 Å². The summed E-state index contributed by atoms with van der Waals surface area (Å²) in [4.78, 5) is 0. The van der Waals surface area contributed by atoms with E-state index in [-0.39, 0.29) is 0 Å². The van der Waals surface area contributed by atoms with Crippen LogP contribution in [0.4, 0.5) is 0 Å². The topological polar surface area (TPSA) is 26.0 Å². The van der Waals surface area contributed by atoms with E-state index in [1.54, 1.807) is 0 Å². The fraction of sp³-hybridized carbons (Fsp3) is 0.778. The fourth-order valence-corrected chi connectivity index (χ4v) is 1.48. The molecule has 1 aliphatic rings. The zero-order valence-electron chi connectivity index (χ0n) is 7.04. The molecule has 0 aliphatic heterocycles. The lowest BCUT2D eigenvalue weighted by atomic mass is 9.78. The molecule has 0 spiro atoms. The zero-order chi connectivity index (χ0) is 7.72. The first kappa shape index (κ1) is 7.80. The van der Waals surface area contributed by atoms with Crippen molar-refractivity contribution in [2.75, 3.05) is 0 Å². The molecule has 0 saturated carbocycles. The van der Waals surface area contributed by atoms with Gasteiger partial charge in [-0.25, -0.2) is 0 Å². The minimum atomic E-state index is 0.361. The van der Waals surface area contributed by atoms with E-state index in [9.17, 15) is 0 Å². The number of hydrogen-bond donors (Lipinski definition) is 1. The lowest BCUT2D eigenvalue weighted by Crippen LogP contribution is -2.39. The maximum Gasteiger partial charge on any atom is 0.0131 e. The van der Waals surface area contributed by atoms with Crippen LogP contribution in [0, 0.1) is 17.8 Å². The molecule has 0 aromatic rings. The molecule has 10 heavy (non-hydrogen) atoms. The van der Waals surface area contributed by atoms with Crippen LogP contribution >= 0.6 is 0 Å². The first-order valence-corrected chi connectivity index (χ1v) is 4.07. The van der Waals surface area contributed by atoms with Gasteiger partial charge in [0.2, 0.25) is 0 Å². The van der Waals surface area contributed by atoms with Gasteiger partial charge in [0.1, 0.15) is 0 Å². The molecular weight excluding hydrogens is 122 g/mol. The second-order valence-electron chi connectivity index (χ2n) is 3.54. The minimum Gasteiger partial charge on any atom is -0.327 e. The van der Waals surface area contributed by atoms with E-state index in [1.165, 1.54) is 0 Å². The average Bonchev–Trinajstić information content (AvgIpc) is 1.93. The van der Waals surface area contributed by atoms with Gasteiger partial charge in [-0.2, -0.15) is 0 Å². The highest BCUT2D eigenvalue weighted by atomic mass is 14.7. The van der Waals surface area contributed by atoms with Gasteiger partial charge < -0.3 is 5.73 Å². The third-order valence-electron chi connectivity index (χ3n) is 2.76. The van der Waals surface area contributed by atoms with Crippen LogP contribution in [0.15, 0.2) is 12.2 Å². The summed E-state index contributed by atoms with van der Waals surface area (Å²) >= 11 is 0. The van der Waals surface area contributed by atoms with Crippen molar-refractivity contribution in [2.24, 2.45) is 23.5 Å². The molecular formula is C9H17N. The largest absolute Gasteiger partial charge is 0.327 e. The summed E-state index contributed by atoms with van der Waals surface area (Å²) in [5, 5.41) is 0. The van der Waals surface area contributed by atoms with Crippen molar-refractivity contribution in [1.82, 2.24) is 0 Å². The van der Waals surface area contributed by atoms with Crippen molar-refractivity contribution in [3.63, 3.8) is 0 Å². The second-order valence-corrected chi connectivity index (χ2v) is 3.54. The molecule has 4 atom stereocenters. The van der Waals surface area contributed by atoms with E-state index in [4.69, 9.17) is 5.73 Å². The number of rotatable bonds is 0. The molecule has 0 radical (unpaired) electrons. The van der Waals surface area contributed by atoms with Crippen LogP contribution in [0.3, 0.4) is 0 Å². The standard InChI is InChI=1S/C9H17N/c1-6-4-5-7(2)9(10)8(6)3/h4-9H,10H2,1-3H3. The Morgan fingerprint density at radius 1 is 1.00 bits per heavy atom. The summed E-state index contributed by atoms with van der Waals surface area (Å²) in [6.07, 6.45) is 4.51. The zero-order valence-corrected chi connectivity index (χ0v) is 7.04. The van der Waals surface area contributed by atoms with Gasteiger partial charge >= 0.3 is 0 Å². The minimum absolute atomic E-state index is 0.361. The van der Waals surface area contributed by atoms with Crippen LogP contribution in [-0.4, -0.2) is 6.04 Å². The predicted molar refractivity (Wildman–Crippen MR) is 44.6 cm³/mol. The Bertz CT molecular complexity index is 124. The van der Waals surface area contributed by atoms with E-state index in [0.29, 0.717) is 23.8 Å². The first-order chi connectivity index (χ1) is 4.63. The van der Waals surface area contributed by atoms with Crippen LogP contribution < -0.4 is 5.73 Å². The summed E-state index contributed by atoms with van der Waals surface area (Å²) in [6.45, 7) is 6.64. The van der Waals surface area contributed by atoms with Gasteiger partial charge in [-0.05, 0) is 17.8 Å². The summed E-state index contributed by atoms with van der Waals surface area (Å²) in [7, 11) is 0. The molecule has 58 valence electrons. The molecule has 2 N–H and O–H groups in total. The van der Waals surface area contributed by atoms with Gasteiger partial charge in [-0.1, -0.05) is 32.9 Å². The van der Waals surface area contributed by atoms with Gasteiger partial charge in [0, 0.05) is 6.04 Å². The van der Waals surface area contributed by atoms with Gasteiger partial charge in [0.05, 0.1) is 0 Å². The van der Waals surface area contributed by atoms with Crippen molar-refractivity contribution in [2.45, 2.75) is 26.8 Å². The van der Waals surface area contributed by atoms with Crippen molar-refractivity contribution < 1.29 is 0 Å². The van der Waals surface area contributed by atoms with Crippen molar-refractivity contribution in [3.05, 3.63) is 12.2 Å². The molecule has 1 heteroatoms. The molecule has 1 rings (SSSR count). The Labute approximate surface area is 63.3 Å². The first-order valence-electron chi connectivity index (χ1n) is 4.07. The third-order valence-corrected chi connectivity index (χ3v) is 2.76. The van der Waals surface area contributed by atoms with Gasteiger partial charge in [0.25, 0.3) is 0 Å². The van der Waals surface area contributed by atoms with Crippen LogP contribution in [0.2, 0.25) is 0 Å². The number of hydrogen-bond acceptors (Lipinski definition) is 1. The molecule has 0 amide bonds. The molecule has 0 aromatic carbocycles. The Morgan fingerprint density at radius 3 is 2.00 bits per heavy atom. The monoisotopic (exact) mass is 139 g/mol. The van der Waals surface area contributed by atoms with Crippen molar-refractivity contribution in [3.8, 4) is 0 Å². The second kappa shape index (κ2) is 2.75. The maximum atomic E-state index is 5.96. The molecule has 0 aromatic heterocycles. The smallest absolute Gasteiger partial charge is 0.0131 e. The average molecular weight is 139 g/mol. The quantitative estimate of drug-likeness (QED) is 0.509. The van der Waals surface area contributed by atoms with Crippen molar-refractivity contribution in [1.29, 1.82) is 0 Å².